The standard InChI is InChI=1S/C22H25BrN2O3/c1-15-13-19(11-12-20(15)23)28-14-21(26)24-18-9-7-16(8-10-18)22(27)25-17-5-3-2-4-6-17/h7-13,17H,2-6,14H2,1H3,(H,24,26)(H,25,27). The average Bonchev–Trinajstić information content (AvgIpc) is 2.70. The van der Waals surface area contributed by atoms with Crippen molar-refractivity contribution in [3.05, 3.63) is 58.1 Å². The largest absolute Gasteiger partial charge is 0.484 e. The highest BCUT2D eigenvalue weighted by atomic mass is 79.9. The number of anilines is 1. The third kappa shape index (κ3) is 5.83. The fourth-order valence-electron chi connectivity index (χ4n) is 3.27. The van der Waals surface area contributed by atoms with Gasteiger partial charge in [-0.1, -0.05) is 35.2 Å². The first-order chi connectivity index (χ1) is 13.5. The van der Waals surface area contributed by atoms with E-state index < -0.39 is 0 Å². The third-order valence-corrected chi connectivity index (χ3v) is 5.76. The summed E-state index contributed by atoms with van der Waals surface area (Å²) >= 11 is 3.43. The van der Waals surface area contributed by atoms with Crippen molar-refractivity contribution in [2.24, 2.45) is 0 Å². The molecule has 0 radical (unpaired) electrons. The van der Waals surface area contributed by atoms with Crippen LogP contribution in [0.15, 0.2) is 46.9 Å². The molecular weight excluding hydrogens is 420 g/mol. The zero-order chi connectivity index (χ0) is 19.9. The van der Waals surface area contributed by atoms with Crippen molar-refractivity contribution in [1.29, 1.82) is 0 Å². The van der Waals surface area contributed by atoms with Crippen LogP contribution >= 0.6 is 15.9 Å². The van der Waals surface area contributed by atoms with Crippen molar-refractivity contribution in [2.75, 3.05) is 11.9 Å². The molecule has 0 atom stereocenters. The van der Waals surface area contributed by atoms with E-state index in [1.807, 2.05) is 25.1 Å². The van der Waals surface area contributed by atoms with Crippen molar-refractivity contribution in [2.45, 2.75) is 45.1 Å². The highest BCUT2D eigenvalue weighted by Gasteiger charge is 2.16. The molecule has 1 aliphatic carbocycles. The van der Waals surface area contributed by atoms with Gasteiger partial charge in [0, 0.05) is 21.8 Å². The van der Waals surface area contributed by atoms with Gasteiger partial charge < -0.3 is 15.4 Å². The highest BCUT2D eigenvalue weighted by Crippen LogP contribution is 2.22. The van der Waals surface area contributed by atoms with Crippen LogP contribution in [-0.4, -0.2) is 24.5 Å². The minimum absolute atomic E-state index is 0.0567. The van der Waals surface area contributed by atoms with E-state index in [9.17, 15) is 9.59 Å². The first-order valence-corrected chi connectivity index (χ1v) is 10.4. The van der Waals surface area contributed by atoms with E-state index in [1.54, 1.807) is 24.3 Å². The van der Waals surface area contributed by atoms with Gasteiger partial charge in [-0.2, -0.15) is 0 Å². The van der Waals surface area contributed by atoms with Gasteiger partial charge >= 0.3 is 0 Å². The van der Waals surface area contributed by atoms with Gasteiger partial charge in [-0.15, -0.1) is 0 Å². The minimum Gasteiger partial charge on any atom is -0.484 e. The number of hydrogen-bond donors (Lipinski definition) is 2. The van der Waals surface area contributed by atoms with E-state index in [0.717, 1.165) is 22.9 Å². The van der Waals surface area contributed by atoms with Crippen molar-refractivity contribution < 1.29 is 14.3 Å². The first kappa shape index (κ1) is 20.4. The Morgan fingerprint density at radius 2 is 1.79 bits per heavy atom. The van der Waals surface area contributed by atoms with Gasteiger partial charge in [0.25, 0.3) is 11.8 Å². The van der Waals surface area contributed by atoms with Crippen LogP contribution in [-0.2, 0) is 4.79 Å². The summed E-state index contributed by atoms with van der Waals surface area (Å²) in [5, 5.41) is 5.87. The van der Waals surface area contributed by atoms with Crippen LogP contribution in [0.2, 0.25) is 0 Å². The second kappa shape index (κ2) is 9.73. The molecule has 1 fully saturated rings. The number of ether oxygens (including phenoxy) is 1. The average molecular weight is 445 g/mol. The van der Waals surface area contributed by atoms with Crippen LogP contribution in [0.3, 0.4) is 0 Å². The summed E-state index contributed by atoms with van der Waals surface area (Å²) in [5.74, 6) is 0.337. The second-order valence-electron chi connectivity index (χ2n) is 7.13. The molecule has 0 saturated heterocycles. The Bertz CT molecular complexity index is 830. The second-order valence-corrected chi connectivity index (χ2v) is 7.99. The molecule has 2 aromatic carbocycles. The predicted octanol–water partition coefficient (Wildman–Crippen LogP) is 4.84. The zero-order valence-electron chi connectivity index (χ0n) is 16.0. The number of aryl methyl sites for hydroxylation is 1. The van der Waals surface area contributed by atoms with Gasteiger partial charge in [-0.3, -0.25) is 9.59 Å². The van der Waals surface area contributed by atoms with Gasteiger partial charge in [0.1, 0.15) is 5.75 Å². The lowest BCUT2D eigenvalue weighted by atomic mass is 9.95. The van der Waals surface area contributed by atoms with Crippen LogP contribution < -0.4 is 15.4 Å². The van der Waals surface area contributed by atoms with Gasteiger partial charge in [0.15, 0.2) is 6.61 Å². The SMILES string of the molecule is Cc1cc(OCC(=O)Nc2ccc(C(=O)NC3CCCCC3)cc2)ccc1Br. The Balaban J connectivity index is 1.48. The van der Waals surface area contributed by atoms with Crippen molar-refractivity contribution in [3.63, 3.8) is 0 Å². The molecule has 2 aromatic rings. The molecule has 3 rings (SSSR count). The number of hydrogen-bond acceptors (Lipinski definition) is 3. The Morgan fingerprint density at radius 1 is 1.07 bits per heavy atom. The molecule has 0 aromatic heterocycles. The lowest BCUT2D eigenvalue weighted by Gasteiger charge is -2.22. The molecule has 6 heteroatoms. The van der Waals surface area contributed by atoms with E-state index in [1.165, 1.54) is 19.3 Å². The molecular formula is C22H25BrN2O3. The number of nitrogens with one attached hydrogen (secondary N) is 2. The fraction of sp³-hybridized carbons (Fsp3) is 0.364. The normalized spacial score (nSPS) is 14.4. The van der Waals surface area contributed by atoms with E-state index >= 15 is 0 Å². The number of amides is 2. The number of rotatable bonds is 6. The molecule has 28 heavy (non-hydrogen) atoms. The monoisotopic (exact) mass is 444 g/mol. The summed E-state index contributed by atoms with van der Waals surface area (Å²) < 4.78 is 6.52. The molecule has 0 bridgehead atoms. The summed E-state index contributed by atoms with van der Waals surface area (Å²) in [5.41, 5.74) is 2.28. The van der Waals surface area contributed by atoms with Gasteiger partial charge in [0.2, 0.25) is 0 Å². The Kier molecular flexibility index (Phi) is 7.09. The number of benzene rings is 2. The highest BCUT2D eigenvalue weighted by molar-refractivity contribution is 9.10. The number of halogens is 1. The molecule has 2 N–H and O–H groups in total. The molecule has 5 nitrogen and oxygen atoms in total. The fourth-order valence-corrected chi connectivity index (χ4v) is 3.52. The summed E-state index contributed by atoms with van der Waals surface area (Å²) in [6, 6.07) is 12.8. The van der Waals surface area contributed by atoms with Gasteiger partial charge in [-0.25, -0.2) is 0 Å². The molecule has 148 valence electrons. The van der Waals surface area contributed by atoms with Crippen molar-refractivity contribution in [3.8, 4) is 5.75 Å². The van der Waals surface area contributed by atoms with Crippen LogP contribution in [0, 0.1) is 6.92 Å². The van der Waals surface area contributed by atoms with Gasteiger partial charge in [0.05, 0.1) is 0 Å². The Labute approximate surface area is 174 Å². The molecule has 0 aliphatic heterocycles. The zero-order valence-corrected chi connectivity index (χ0v) is 17.6. The maximum absolute atomic E-state index is 12.3. The van der Waals surface area contributed by atoms with Crippen molar-refractivity contribution in [1.82, 2.24) is 5.32 Å². The van der Waals surface area contributed by atoms with Crippen LogP contribution in [0.5, 0.6) is 5.75 Å². The smallest absolute Gasteiger partial charge is 0.262 e. The molecule has 2 amide bonds. The summed E-state index contributed by atoms with van der Waals surface area (Å²) in [4.78, 5) is 24.4. The first-order valence-electron chi connectivity index (χ1n) is 9.61. The number of carbonyl (C=O) groups excluding carboxylic acids is 2. The molecule has 1 saturated carbocycles. The summed E-state index contributed by atoms with van der Waals surface area (Å²) in [6.45, 7) is 1.88. The molecule has 0 spiro atoms. The van der Waals surface area contributed by atoms with Crippen LogP contribution in [0.1, 0.15) is 48.0 Å². The van der Waals surface area contributed by atoms with E-state index in [-0.39, 0.29) is 24.5 Å². The van der Waals surface area contributed by atoms with E-state index in [2.05, 4.69) is 26.6 Å². The maximum atomic E-state index is 12.3. The van der Waals surface area contributed by atoms with Crippen LogP contribution in [0.25, 0.3) is 0 Å². The molecule has 1 aliphatic rings. The van der Waals surface area contributed by atoms with Crippen LogP contribution in [0.4, 0.5) is 5.69 Å². The summed E-state index contributed by atoms with van der Waals surface area (Å²) in [6.07, 6.45) is 5.72. The minimum atomic E-state index is -0.250. The van der Waals surface area contributed by atoms with E-state index in [4.69, 9.17) is 4.74 Å². The predicted molar refractivity (Wildman–Crippen MR) is 114 cm³/mol. The lowest BCUT2D eigenvalue weighted by Crippen LogP contribution is -2.36. The number of carbonyl (C=O) groups is 2. The summed E-state index contributed by atoms with van der Waals surface area (Å²) in [7, 11) is 0. The molecule has 0 heterocycles. The maximum Gasteiger partial charge on any atom is 0.262 e. The Hall–Kier alpha value is -2.34. The third-order valence-electron chi connectivity index (χ3n) is 4.87. The Morgan fingerprint density at radius 3 is 2.46 bits per heavy atom. The van der Waals surface area contributed by atoms with Crippen molar-refractivity contribution >= 4 is 33.4 Å². The molecule has 0 unspecified atom stereocenters. The topological polar surface area (TPSA) is 67.4 Å². The quantitative estimate of drug-likeness (QED) is 0.669. The lowest BCUT2D eigenvalue weighted by molar-refractivity contribution is -0.118. The van der Waals surface area contributed by atoms with E-state index in [0.29, 0.717) is 17.0 Å². The van der Waals surface area contributed by atoms with Gasteiger partial charge in [-0.05, 0) is 67.8 Å².